The fourth-order valence-electron chi connectivity index (χ4n) is 2.79. The second-order valence-corrected chi connectivity index (χ2v) is 5.61. The minimum absolute atomic E-state index is 0.491. The molecule has 0 bridgehead atoms. The quantitative estimate of drug-likeness (QED) is 0.844. The maximum absolute atomic E-state index is 5.62. The lowest BCUT2D eigenvalue weighted by Gasteiger charge is -2.24. The Kier molecular flexibility index (Phi) is 4.19. The highest BCUT2D eigenvalue weighted by molar-refractivity contribution is 5.15. The Morgan fingerprint density at radius 3 is 2.76 bits per heavy atom. The molecule has 1 heterocycles. The van der Waals surface area contributed by atoms with Gasteiger partial charge in [-0.15, -0.1) is 0 Å². The number of nitrogens with two attached hydrogens (primary N) is 1. The second kappa shape index (κ2) is 5.65. The number of hydrogen-bond donors (Lipinski definition) is 1. The lowest BCUT2D eigenvalue weighted by molar-refractivity contribution is 0.266. The van der Waals surface area contributed by atoms with Crippen LogP contribution in [0.5, 0.6) is 0 Å². The van der Waals surface area contributed by atoms with Gasteiger partial charge in [-0.05, 0) is 36.8 Å². The molecule has 1 aliphatic rings. The van der Waals surface area contributed by atoms with E-state index in [0.29, 0.717) is 5.41 Å². The van der Waals surface area contributed by atoms with Crippen LogP contribution in [0.25, 0.3) is 0 Å². The summed E-state index contributed by atoms with van der Waals surface area (Å²) >= 11 is 0. The molecule has 94 valence electrons. The van der Waals surface area contributed by atoms with Crippen LogP contribution in [0.2, 0.25) is 0 Å². The molecule has 0 saturated carbocycles. The Morgan fingerprint density at radius 1 is 1.29 bits per heavy atom. The summed E-state index contributed by atoms with van der Waals surface area (Å²) in [7, 11) is 0. The van der Waals surface area contributed by atoms with Gasteiger partial charge in [-0.1, -0.05) is 37.3 Å². The summed E-state index contributed by atoms with van der Waals surface area (Å²) < 4.78 is 0. The van der Waals surface area contributed by atoms with E-state index in [9.17, 15) is 0 Å². The SMILES string of the molecule is CC1(CCc2ccccc2)CCN(CCN)C1. The van der Waals surface area contributed by atoms with Gasteiger partial charge in [-0.3, -0.25) is 0 Å². The Balaban J connectivity index is 1.83. The van der Waals surface area contributed by atoms with Crippen molar-refractivity contribution in [1.29, 1.82) is 0 Å². The maximum Gasteiger partial charge on any atom is 0.0105 e. The molecule has 1 aromatic rings. The zero-order valence-corrected chi connectivity index (χ0v) is 10.9. The number of benzene rings is 1. The van der Waals surface area contributed by atoms with Crippen molar-refractivity contribution in [2.45, 2.75) is 26.2 Å². The van der Waals surface area contributed by atoms with Gasteiger partial charge in [0.2, 0.25) is 0 Å². The molecule has 0 radical (unpaired) electrons. The number of nitrogens with zero attached hydrogens (tertiary/aromatic N) is 1. The molecule has 0 aliphatic carbocycles. The van der Waals surface area contributed by atoms with Crippen molar-refractivity contribution < 1.29 is 0 Å². The first-order valence-corrected chi connectivity index (χ1v) is 6.68. The number of rotatable bonds is 5. The minimum atomic E-state index is 0.491. The summed E-state index contributed by atoms with van der Waals surface area (Å²) in [4.78, 5) is 2.50. The average Bonchev–Trinajstić information content (AvgIpc) is 2.71. The molecule has 1 fully saturated rings. The maximum atomic E-state index is 5.62. The first-order valence-electron chi connectivity index (χ1n) is 6.68. The largest absolute Gasteiger partial charge is 0.329 e. The third kappa shape index (κ3) is 3.55. The summed E-state index contributed by atoms with van der Waals surface area (Å²) in [5.74, 6) is 0. The van der Waals surface area contributed by atoms with Crippen LogP contribution in [0.4, 0.5) is 0 Å². The minimum Gasteiger partial charge on any atom is -0.329 e. The van der Waals surface area contributed by atoms with Crippen LogP contribution in [0, 0.1) is 5.41 Å². The van der Waals surface area contributed by atoms with Crippen LogP contribution in [-0.2, 0) is 6.42 Å². The Morgan fingerprint density at radius 2 is 2.06 bits per heavy atom. The summed E-state index contributed by atoms with van der Waals surface area (Å²) in [6.45, 7) is 6.71. The highest BCUT2D eigenvalue weighted by Crippen LogP contribution is 2.34. The van der Waals surface area contributed by atoms with E-state index in [1.54, 1.807) is 0 Å². The molecular formula is C15H24N2. The van der Waals surface area contributed by atoms with Crippen LogP contribution < -0.4 is 5.73 Å². The van der Waals surface area contributed by atoms with E-state index in [4.69, 9.17) is 5.73 Å². The standard InChI is InChI=1S/C15H24N2/c1-15(9-11-17(13-15)12-10-16)8-7-14-5-3-2-4-6-14/h2-6H,7-13,16H2,1H3. The Bertz CT molecular complexity index is 336. The molecule has 1 aliphatic heterocycles. The Hall–Kier alpha value is -0.860. The van der Waals surface area contributed by atoms with Gasteiger partial charge in [0, 0.05) is 19.6 Å². The summed E-state index contributed by atoms with van der Waals surface area (Å²) in [5, 5.41) is 0. The molecule has 2 heteroatoms. The fraction of sp³-hybridized carbons (Fsp3) is 0.600. The van der Waals surface area contributed by atoms with E-state index in [1.165, 1.54) is 37.9 Å². The van der Waals surface area contributed by atoms with Crippen molar-refractivity contribution in [1.82, 2.24) is 4.90 Å². The monoisotopic (exact) mass is 232 g/mol. The van der Waals surface area contributed by atoms with E-state index in [2.05, 4.69) is 42.2 Å². The average molecular weight is 232 g/mol. The first kappa shape index (κ1) is 12.6. The molecule has 2 N–H and O–H groups in total. The number of aryl methyl sites for hydroxylation is 1. The number of hydrogen-bond acceptors (Lipinski definition) is 2. The molecule has 1 atom stereocenters. The normalized spacial score (nSPS) is 25.3. The lowest BCUT2D eigenvalue weighted by Crippen LogP contribution is -2.30. The zero-order chi connectivity index (χ0) is 12.1. The molecule has 17 heavy (non-hydrogen) atoms. The summed E-state index contributed by atoms with van der Waals surface area (Å²) in [6, 6.07) is 10.8. The molecular weight excluding hydrogens is 208 g/mol. The topological polar surface area (TPSA) is 29.3 Å². The molecule has 1 saturated heterocycles. The molecule has 0 amide bonds. The third-order valence-corrected chi connectivity index (χ3v) is 3.94. The van der Waals surface area contributed by atoms with E-state index in [-0.39, 0.29) is 0 Å². The van der Waals surface area contributed by atoms with E-state index >= 15 is 0 Å². The van der Waals surface area contributed by atoms with Gasteiger partial charge in [0.15, 0.2) is 0 Å². The van der Waals surface area contributed by atoms with Crippen LogP contribution >= 0.6 is 0 Å². The predicted molar refractivity (Wildman–Crippen MR) is 73.0 cm³/mol. The molecule has 1 unspecified atom stereocenters. The van der Waals surface area contributed by atoms with Crippen molar-refractivity contribution in [3.05, 3.63) is 35.9 Å². The predicted octanol–water partition coefficient (Wildman–Crippen LogP) is 2.29. The van der Waals surface area contributed by atoms with Gasteiger partial charge in [0.25, 0.3) is 0 Å². The molecule has 0 spiro atoms. The van der Waals surface area contributed by atoms with Gasteiger partial charge in [-0.25, -0.2) is 0 Å². The molecule has 1 aromatic carbocycles. The van der Waals surface area contributed by atoms with E-state index < -0.39 is 0 Å². The van der Waals surface area contributed by atoms with Crippen LogP contribution in [0.1, 0.15) is 25.3 Å². The molecule has 2 rings (SSSR count). The van der Waals surface area contributed by atoms with Crippen molar-refractivity contribution in [2.75, 3.05) is 26.2 Å². The van der Waals surface area contributed by atoms with Crippen LogP contribution in [0.15, 0.2) is 30.3 Å². The lowest BCUT2D eigenvalue weighted by atomic mass is 9.83. The smallest absolute Gasteiger partial charge is 0.0105 e. The van der Waals surface area contributed by atoms with Crippen LogP contribution in [0.3, 0.4) is 0 Å². The summed E-state index contributed by atoms with van der Waals surface area (Å²) in [6.07, 6.45) is 3.81. The van der Waals surface area contributed by atoms with E-state index in [0.717, 1.165) is 13.1 Å². The Labute approximate surface area is 105 Å². The van der Waals surface area contributed by atoms with Crippen molar-refractivity contribution in [2.24, 2.45) is 11.1 Å². The molecule has 0 aromatic heterocycles. The number of likely N-dealkylation sites (tertiary alicyclic amines) is 1. The highest BCUT2D eigenvalue weighted by Gasteiger charge is 2.32. The molecule has 2 nitrogen and oxygen atoms in total. The van der Waals surface area contributed by atoms with Crippen LogP contribution in [-0.4, -0.2) is 31.1 Å². The fourth-order valence-corrected chi connectivity index (χ4v) is 2.79. The van der Waals surface area contributed by atoms with Crippen molar-refractivity contribution >= 4 is 0 Å². The van der Waals surface area contributed by atoms with Gasteiger partial charge in [0.05, 0.1) is 0 Å². The highest BCUT2D eigenvalue weighted by atomic mass is 15.2. The van der Waals surface area contributed by atoms with Crippen molar-refractivity contribution in [3.63, 3.8) is 0 Å². The summed E-state index contributed by atoms with van der Waals surface area (Å²) in [5.41, 5.74) is 7.58. The zero-order valence-electron chi connectivity index (χ0n) is 10.9. The van der Waals surface area contributed by atoms with E-state index in [1.807, 2.05) is 0 Å². The van der Waals surface area contributed by atoms with Gasteiger partial charge >= 0.3 is 0 Å². The van der Waals surface area contributed by atoms with Gasteiger partial charge in [0.1, 0.15) is 0 Å². The first-order chi connectivity index (χ1) is 8.22. The van der Waals surface area contributed by atoms with Gasteiger partial charge < -0.3 is 10.6 Å². The van der Waals surface area contributed by atoms with Crippen molar-refractivity contribution in [3.8, 4) is 0 Å². The van der Waals surface area contributed by atoms with Gasteiger partial charge in [-0.2, -0.15) is 0 Å². The third-order valence-electron chi connectivity index (χ3n) is 3.94. The second-order valence-electron chi connectivity index (χ2n) is 5.61.